The summed E-state index contributed by atoms with van der Waals surface area (Å²) in [7, 11) is 0. The van der Waals surface area contributed by atoms with Crippen molar-refractivity contribution in [2.24, 2.45) is 17.8 Å². The molecule has 0 bridgehead atoms. The first kappa shape index (κ1) is 20.6. The maximum absolute atomic E-state index is 12.4. The number of nitrogens with one attached hydrogen (secondary N) is 1. The quantitative estimate of drug-likeness (QED) is 0.755. The van der Waals surface area contributed by atoms with Crippen LogP contribution in [-0.4, -0.2) is 43.2 Å². The van der Waals surface area contributed by atoms with Crippen molar-refractivity contribution in [1.29, 1.82) is 0 Å². The fraction of sp³-hybridized carbons (Fsp3) is 0.938. The number of nitrogens with zero attached hydrogens (tertiary/aromatic N) is 1. The van der Waals surface area contributed by atoms with E-state index in [1.54, 1.807) is 0 Å². The van der Waals surface area contributed by atoms with Crippen LogP contribution >= 0.6 is 12.4 Å². The van der Waals surface area contributed by atoms with E-state index in [9.17, 15) is 18.0 Å². The van der Waals surface area contributed by atoms with Gasteiger partial charge in [-0.15, -0.1) is 12.4 Å². The van der Waals surface area contributed by atoms with Crippen LogP contribution in [0.4, 0.5) is 13.2 Å². The van der Waals surface area contributed by atoms with Crippen LogP contribution in [0.5, 0.6) is 0 Å². The van der Waals surface area contributed by atoms with E-state index < -0.39 is 12.6 Å². The average Bonchev–Trinajstić information content (AvgIpc) is 3.27. The Bertz CT molecular complexity index is 369. The maximum Gasteiger partial charge on any atom is 0.390 e. The molecule has 2 aliphatic rings. The van der Waals surface area contributed by atoms with Gasteiger partial charge in [-0.3, -0.25) is 4.79 Å². The predicted octanol–water partition coefficient (Wildman–Crippen LogP) is 3.63. The van der Waals surface area contributed by atoms with Gasteiger partial charge in [0.2, 0.25) is 5.91 Å². The lowest BCUT2D eigenvalue weighted by atomic mass is 9.85. The van der Waals surface area contributed by atoms with E-state index in [1.165, 1.54) is 4.90 Å². The molecule has 3 nitrogen and oxygen atoms in total. The first-order valence-corrected chi connectivity index (χ1v) is 8.40. The van der Waals surface area contributed by atoms with Gasteiger partial charge >= 0.3 is 6.18 Å². The molecule has 1 N–H and O–H groups in total. The molecule has 0 aromatic heterocycles. The molecular weight excluding hydrogens is 329 g/mol. The second-order valence-electron chi connectivity index (χ2n) is 6.94. The van der Waals surface area contributed by atoms with E-state index in [2.05, 4.69) is 12.2 Å². The van der Waals surface area contributed by atoms with E-state index in [1.807, 2.05) is 0 Å². The fourth-order valence-corrected chi connectivity index (χ4v) is 3.13. The van der Waals surface area contributed by atoms with Crippen molar-refractivity contribution in [2.45, 2.75) is 51.6 Å². The van der Waals surface area contributed by atoms with Gasteiger partial charge in [-0.25, -0.2) is 0 Å². The summed E-state index contributed by atoms with van der Waals surface area (Å²) in [6, 6.07) is 0. The second kappa shape index (κ2) is 9.11. The number of amides is 1. The van der Waals surface area contributed by atoms with Crippen LogP contribution in [0, 0.1) is 17.8 Å². The molecule has 1 saturated carbocycles. The van der Waals surface area contributed by atoms with Gasteiger partial charge in [-0.2, -0.15) is 13.2 Å². The van der Waals surface area contributed by atoms with E-state index in [-0.39, 0.29) is 30.8 Å². The van der Waals surface area contributed by atoms with Crippen molar-refractivity contribution in [2.75, 3.05) is 26.2 Å². The number of rotatable bonds is 7. The lowest BCUT2D eigenvalue weighted by Crippen LogP contribution is -2.39. The van der Waals surface area contributed by atoms with Crippen molar-refractivity contribution < 1.29 is 18.0 Å². The highest BCUT2D eigenvalue weighted by molar-refractivity contribution is 5.85. The zero-order valence-electron chi connectivity index (χ0n) is 13.7. The van der Waals surface area contributed by atoms with Crippen LogP contribution < -0.4 is 5.32 Å². The van der Waals surface area contributed by atoms with Crippen LogP contribution in [0.25, 0.3) is 0 Å². The predicted molar refractivity (Wildman–Crippen MR) is 86.6 cm³/mol. The third kappa shape index (κ3) is 7.75. The van der Waals surface area contributed by atoms with E-state index in [0.717, 1.165) is 38.8 Å². The summed E-state index contributed by atoms with van der Waals surface area (Å²) in [5, 5.41) is 3.33. The highest BCUT2D eigenvalue weighted by Crippen LogP contribution is 2.31. The number of halogens is 4. The van der Waals surface area contributed by atoms with Gasteiger partial charge in [0.25, 0.3) is 0 Å². The van der Waals surface area contributed by atoms with Crippen molar-refractivity contribution in [3.63, 3.8) is 0 Å². The second-order valence-corrected chi connectivity index (χ2v) is 6.94. The Morgan fingerprint density at radius 1 is 1.30 bits per heavy atom. The monoisotopic (exact) mass is 356 g/mol. The minimum absolute atomic E-state index is 0. The maximum atomic E-state index is 12.4. The molecule has 1 aliphatic heterocycles. The van der Waals surface area contributed by atoms with Gasteiger partial charge in [0.05, 0.1) is 6.42 Å². The summed E-state index contributed by atoms with van der Waals surface area (Å²) in [5.41, 5.74) is 0. The number of piperidine rings is 1. The van der Waals surface area contributed by atoms with Crippen molar-refractivity contribution in [1.82, 2.24) is 10.2 Å². The molecule has 0 radical (unpaired) electrons. The lowest BCUT2D eigenvalue weighted by molar-refractivity contribution is -0.146. The largest absolute Gasteiger partial charge is 0.390 e. The molecule has 0 spiro atoms. The number of alkyl halides is 3. The van der Waals surface area contributed by atoms with Crippen molar-refractivity contribution in [3.8, 4) is 0 Å². The third-order valence-electron chi connectivity index (χ3n) is 4.83. The minimum atomic E-state index is -4.19. The van der Waals surface area contributed by atoms with Crippen LogP contribution in [0.3, 0.4) is 0 Å². The Labute approximate surface area is 142 Å². The molecule has 2 unspecified atom stereocenters. The Hall–Kier alpha value is -0.490. The summed E-state index contributed by atoms with van der Waals surface area (Å²) >= 11 is 0. The number of hydrogen-bond acceptors (Lipinski definition) is 2. The molecule has 7 heteroatoms. The van der Waals surface area contributed by atoms with Crippen LogP contribution in [0.15, 0.2) is 0 Å². The third-order valence-corrected chi connectivity index (χ3v) is 4.83. The standard InChI is InChI=1S/C16H27F3N2O.ClH/c1-12(14-3-2-7-20-10-14)9-15(22)21(11-13-4-5-13)8-6-16(17,18)19;/h12-14,20H,2-11H2,1H3;1H. The summed E-state index contributed by atoms with van der Waals surface area (Å²) in [6.45, 7) is 4.31. The molecule has 136 valence electrons. The van der Waals surface area contributed by atoms with Crippen LogP contribution in [0.1, 0.15) is 45.4 Å². The Balaban J connectivity index is 0.00000264. The normalized spacial score (nSPS) is 23.0. The molecule has 1 saturated heterocycles. The Kier molecular flexibility index (Phi) is 8.14. The number of carbonyl (C=O) groups excluding carboxylic acids is 1. The lowest BCUT2D eigenvalue weighted by Gasteiger charge is -2.30. The highest BCUT2D eigenvalue weighted by Gasteiger charge is 2.33. The van der Waals surface area contributed by atoms with E-state index in [4.69, 9.17) is 0 Å². The smallest absolute Gasteiger partial charge is 0.342 e. The highest BCUT2D eigenvalue weighted by atomic mass is 35.5. The summed E-state index contributed by atoms with van der Waals surface area (Å²) < 4.78 is 37.3. The molecule has 2 rings (SSSR count). The molecule has 2 fully saturated rings. The molecule has 0 aromatic carbocycles. The van der Waals surface area contributed by atoms with Gasteiger partial charge in [0, 0.05) is 19.5 Å². The average molecular weight is 357 g/mol. The van der Waals surface area contributed by atoms with Gasteiger partial charge < -0.3 is 10.2 Å². The SMILES string of the molecule is CC(CC(=O)N(CCC(F)(F)F)CC1CC1)C1CCCNC1.Cl. The number of carbonyl (C=O) groups is 1. The summed E-state index contributed by atoms with van der Waals surface area (Å²) in [6.07, 6.45) is -0.422. The fourth-order valence-electron chi connectivity index (χ4n) is 3.13. The van der Waals surface area contributed by atoms with E-state index in [0.29, 0.717) is 24.8 Å². The molecular formula is C16H28ClF3N2O. The molecule has 1 aliphatic carbocycles. The molecule has 0 aromatic rings. The molecule has 1 amide bonds. The van der Waals surface area contributed by atoms with Crippen molar-refractivity contribution >= 4 is 18.3 Å². The topological polar surface area (TPSA) is 32.3 Å². The van der Waals surface area contributed by atoms with Gasteiger partial charge in [-0.1, -0.05) is 6.92 Å². The van der Waals surface area contributed by atoms with E-state index >= 15 is 0 Å². The summed E-state index contributed by atoms with van der Waals surface area (Å²) in [5.74, 6) is 1.01. The zero-order valence-corrected chi connectivity index (χ0v) is 14.5. The van der Waals surface area contributed by atoms with Gasteiger partial charge in [0.1, 0.15) is 0 Å². The molecule has 23 heavy (non-hydrogen) atoms. The Morgan fingerprint density at radius 2 is 2.00 bits per heavy atom. The number of hydrogen-bond donors (Lipinski definition) is 1. The first-order chi connectivity index (χ1) is 10.3. The summed E-state index contributed by atoms with van der Waals surface area (Å²) in [4.78, 5) is 13.9. The molecule has 1 heterocycles. The van der Waals surface area contributed by atoms with Crippen LogP contribution in [-0.2, 0) is 4.79 Å². The van der Waals surface area contributed by atoms with Gasteiger partial charge in [0.15, 0.2) is 0 Å². The van der Waals surface area contributed by atoms with Crippen molar-refractivity contribution in [3.05, 3.63) is 0 Å². The minimum Gasteiger partial charge on any atom is -0.342 e. The molecule has 2 atom stereocenters. The first-order valence-electron chi connectivity index (χ1n) is 8.40. The van der Waals surface area contributed by atoms with Crippen LogP contribution in [0.2, 0.25) is 0 Å². The zero-order chi connectivity index (χ0) is 16.2. The van der Waals surface area contributed by atoms with Gasteiger partial charge in [-0.05, 0) is 56.5 Å². The Morgan fingerprint density at radius 3 is 2.52 bits per heavy atom.